The van der Waals surface area contributed by atoms with Gasteiger partial charge in [-0.2, -0.15) is 0 Å². The van der Waals surface area contributed by atoms with E-state index < -0.39 is 0 Å². The fourth-order valence-corrected chi connectivity index (χ4v) is 2.65. The van der Waals surface area contributed by atoms with Crippen molar-refractivity contribution in [1.29, 1.82) is 0 Å². The first-order valence-electron chi connectivity index (χ1n) is 6.60. The van der Waals surface area contributed by atoms with Crippen LogP contribution >= 0.6 is 0 Å². The predicted octanol–water partition coefficient (Wildman–Crippen LogP) is 0.104. The van der Waals surface area contributed by atoms with Gasteiger partial charge in [0.05, 0.1) is 6.10 Å². The van der Waals surface area contributed by atoms with Crippen LogP contribution in [0.2, 0.25) is 0 Å². The Morgan fingerprint density at radius 3 is 2.59 bits per heavy atom. The summed E-state index contributed by atoms with van der Waals surface area (Å²) in [6.45, 7) is 7.38. The molecule has 0 bridgehead atoms. The lowest BCUT2D eigenvalue weighted by Crippen LogP contribution is -2.42. The number of likely N-dealkylation sites (tertiary alicyclic amines) is 1. The molecule has 98 valence electrons. The second kappa shape index (κ2) is 5.69. The second-order valence-electron chi connectivity index (χ2n) is 5.14. The average molecular weight is 241 g/mol. The van der Waals surface area contributed by atoms with E-state index in [-0.39, 0.29) is 12.1 Å². The second-order valence-corrected chi connectivity index (χ2v) is 5.14. The first-order chi connectivity index (χ1) is 8.16. The van der Waals surface area contributed by atoms with Crippen LogP contribution in [0.4, 0.5) is 4.79 Å². The van der Waals surface area contributed by atoms with Crippen molar-refractivity contribution in [3.8, 4) is 0 Å². The van der Waals surface area contributed by atoms with Crippen LogP contribution < -0.4 is 5.32 Å². The smallest absolute Gasteiger partial charge is 0.317 e. The Hall–Kier alpha value is -0.810. The Morgan fingerprint density at radius 1 is 1.35 bits per heavy atom. The molecule has 1 unspecified atom stereocenters. The van der Waals surface area contributed by atoms with Gasteiger partial charge in [-0.1, -0.05) is 0 Å². The Kier molecular flexibility index (Phi) is 4.23. The van der Waals surface area contributed by atoms with E-state index in [0.29, 0.717) is 5.92 Å². The predicted molar refractivity (Wildman–Crippen MR) is 65.8 cm³/mol. The number of carbonyl (C=O) groups is 1. The summed E-state index contributed by atoms with van der Waals surface area (Å²) in [5, 5.41) is 12.3. The number of nitrogens with one attached hydrogen (secondary N) is 1. The topological polar surface area (TPSA) is 55.8 Å². The molecule has 0 radical (unpaired) electrons. The highest BCUT2D eigenvalue weighted by molar-refractivity contribution is 5.76. The van der Waals surface area contributed by atoms with Gasteiger partial charge in [0, 0.05) is 26.2 Å². The lowest BCUT2D eigenvalue weighted by atomic mass is 9.92. The van der Waals surface area contributed by atoms with Crippen LogP contribution in [0.25, 0.3) is 0 Å². The third-order valence-corrected chi connectivity index (χ3v) is 3.95. The summed E-state index contributed by atoms with van der Waals surface area (Å²) in [5.74, 6) is 0.460. The van der Waals surface area contributed by atoms with Crippen molar-refractivity contribution in [2.45, 2.75) is 25.9 Å². The molecule has 0 saturated carbocycles. The molecule has 2 fully saturated rings. The third-order valence-electron chi connectivity index (χ3n) is 3.95. The van der Waals surface area contributed by atoms with Crippen molar-refractivity contribution < 1.29 is 9.90 Å². The van der Waals surface area contributed by atoms with Crippen LogP contribution in [0.3, 0.4) is 0 Å². The molecule has 1 atom stereocenters. The summed E-state index contributed by atoms with van der Waals surface area (Å²) in [7, 11) is 0. The molecule has 0 aliphatic carbocycles. The van der Waals surface area contributed by atoms with E-state index in [9.17, 15) is 9.90 Å². The summed E-state index contributed by atoms with van der Waals surface area (Å²) < 4.78 is 0. The van der Waals surface area contributed by atoms with Gasteiger partial charge in [-0.25, -0.2) is 4.79 Å². The zero-order valence-corrected chi connectivity index (χ0v) is 10.6. The molecule has 2 rings (SSSR count). The van der Waals surface area contributed by atoms with Gasteiger partial charge in [0.2, 0.25) is 0 Å². The minimum atomic E-state index is -0.179. The molecule has 2 heterocycles. The fraction of sp³-hybridized carbons (Fsp3) is 0.917. The molecule has 5 nitrogen and oxygen atoms in total. The zero-order chi connectivity index (χ0) is 12.3. The van der Waals surface area contributed by atoms with E-state index in [1.165, 1.54) is 0 Å². The Bertz CT molecular complexity index is 262. The Labute approximate surface area is 103 Å². The van der Waals surface area contributed by atoms with Crippen molar-refractivity contribution in [2.75, 3.05) is 39.3 Å². The molecule has 2 amide bonds. The van der Waals surface area contributed by atoms with Crippen molar-refractivity contribution >= 4 is 6.03 Å². The number of piperidine rings is 1. The van der Waals surface area contributed by atoms with Gasteiger partial charge < -0.3 is 20.2 Å². The molecule has 2 N–H and O–H groups in total. The summed E-state index contributed by atoms with van der Waals surface area (Å²) in [6, 6.07) is 0.0730. The van der Waals surface area contributed by atoms with Gasteiger partial charge >= 0.3 is 6.03 Å². The highest BCUT2D eigenvalue weighted by Gasteiger charge is 2.24. The quantitative estimate of drug-likeness (QED) is 0.734. The normalized spacial score (nSPS) is 25.1. The van der Waals surface area contributed by atoms with Crippen LogP contribution in [-0.4, -0.2) is 66.3 Å². The molecule has 0 aromatic heterocycles. The molecule has 2 aliphatic heterocycles. The van der Waals surface area contributed by atoms with Crippen molar-refractivity contribution in [1.82, 2.24) is 15.1 Å². The number of hydrogen-bond donors (Lipinski definition) is 2. The molecule has 0 spiro atoms. The fourth-order valence-electron chi connectivity index (χ4n) is 2.65. The Balaban J connectivity index is 1.66. The van der Waals surface area contributed by atoms with Gasteiger partial charge in [-0.05, 0) is 38.8 Å². The van der Waals surface area contributed by atoms with E-state index in [4.69, 9.17) is 0 Å². The number of aliphatic hydroxyl groups excluding tert-OH is 1. The molecule has 17 heavy (non-hydrogen) atoms. The molecule has 0 aromatic carbocycles. The number of nitrogens with zero attached hydrogens (tertiary/aromatic N) is 2. The van der Waals surface area contributed by atoms with E-state index in [0.717, 1.165) is 52.1 Å². The first kappa shape index (κ1) is 12.6. The van der Waals surface area contributed by atoms with Gasteiger partial charge in [0.1, 0.15) is 0 Å². The van der Waals surface area contributed by atoms with Crippen molar-refractivity contribution in [2.24, 2.45) is 5.92 Å². The van der Waals surface area contributed by atoms with Crippen molar-refractivity contribution in [3.63, 3.8) is 0 Å². The van der Waals surface area contributed by atoms with E-state index in [2.05, 4.69) is 10.2 Å². The lowest BCUT2D eigenvalue weighted by molar-refractivity contribution is 0.0699. The lowest BCUT2D eigenvalue weighted by Gasteiger charge is -2.33. The number of hydrogen-bond acceptors (Lipinski definition) is 3. The molecule has 0 aromatic rings. The molecular weight excluding hydrogens is 218 g/mol. The van der Waals surface area contributed by atoms with Gasteiger partial charge in [0.15, 0.2) is 0 Å². The van der Waals surface area contributed by atoms with E-state index >= 15 is 0 Å². The summed E-state index contributed by atoms with van der Waals surface area (Å²) in [6.07, 6.45) is 1.97. The molecule has 2 saturated heterocycles. The SMILES string of the molecule is CC(O)C1CCN(CCN2CCNC2=O)CC1. The van der Waals surface area contributed by atoms with Crippen LogP contribution in [0, 0.1) is 5.92 Å². The summed E-state index contributed by atoms with van der Waals surface area (Å²) in [5.41, 5.74) is 0. The number of urea groups is 1. The Morgan fingerprint density at radius 2 is 2.06 bits per heavy atom. The van der Waals surface area contributed by atoms with Gasteiger partial charge in [-0.3, -0.25) is 0 Å². The van der Waals surface area contributed by atoms with E-state index in [1.807, 2.05) is 11.8 Å². The molecule has 2 aliphatic rings. The zero-order valence-electron chi connectivity index (χ0n) is 10.6. The third kappa shape index (κ3) is 3.33. The largest absolute Gasteiger partial charge is 0.393 e. The van der Waals surface area contributed by atoms with Crippen LogP contribution in [0.15, 0.2) is 0 Å². The maximum absolute atomic E-state index is 11.4. The number of rotatable bonds is 4. The monoisotopic (exact) mass is 241 g/mol. The van der Waals surface area contributed by atoms with E-state index in [1.54, 1.807) is 0 Å². The van der Waals surface area contributed by atoms with Crippen LogP contribution in [0.5, 0.6) is 0 Å². The molecule has 5 heteroatoms. The van der Waals surface area contributed by atoms with Gasteiger partial charge in [0.25, 0.3) is 0 Å². The van der Waals surface area contributed by atoms with Crippen molar-refractivity contribution in [3.05, 3.63) is 0 Å². The summed E-state index contributed by atoms with van der Waals surface area (Å²) in [4.78, 5) is 15.6. The minimum absolute atomic E-state index is 0.0730. The number of aliphatic hydroxyl groups is 1. The maximum Gasteiger partial charge on any atom is 0.317 e. The van der Waals surface area contributed by atoms with Gasteiger partial charge in [-0.15, -0.1) is 0 Å². The molecular formula is C12H23N3O2. The standard InChI is InChI=1S/C12H23N3O2/c1-10(16)11-2-5-14(6-3-11)8-9-15-7-4-13-12(15)17/h10-11,16H,2-9H2,1H3,(H,13,17). The first-order valence-corrected chi connectivity index (χ1v) is 6.60. The van der Waals surface area contributed by atoms with Crippen LogP contribution in [-0.2, 0) is 0 Å². The number of carbonyl (C=O) groups excluding carboxylic acids is 1. The maximum atomic E-state index is 11.4. The average Bonchev–Trinajstić information content (AvgIpc) is 2.73. The minimum Gasteiger partial charge on any atom is -0.393 e. The number of amides is 2. The highest BCUT2D eigenvalue weighted by Crippen LogP contribution is 2.20. The highest BCUT2D eigenvalue weighted by atomic mass is 16.3. The summed E-state index contributed by atoms with van der Waals surface area (Å²) >= 11 is 0. The van der Waals surface area contributed by atoms with Crippen LogP contribution in [0.1, 0.15) is 19.8 Å².